The van der Waals surface area contributed by atoms with E-state index in [0.29, 0.717) is 0 Å². The lowest BCUT2D eigenvalue weighted by Crippen LogP contribution is -1.86. The van der Waals surface area contributed by atoms with Gasteiger partial charge in [-0.3, -0.25) is 4.98 Å². The number of hydrogen-bond acceptors (Lipinski definition) is 1. The lowest BCUT2D eigenvalue weighted by Gasteiger charge is -1.98. The number of benzene rings is 1. The molecular weight excluding hydrogens is 206 g/mol. The van der Waals surface area contributed by atoms with Gasteiger partial charge in [0.15, 0.2) is 0 Å². The molecule has 0 unspecified atom stereocenters. The summed E-state index contributed by atoms with van der Waals surface area (Å²) in [4.78, 5) is 4.43. The maximum absolute atomic E-state index is 4.43. The monoisotopic (exact) mass is 223 g/mol. The first kappa shape index (κ1) is 11.6. The number of hydrogen-bond donors (Lipinski definition) is 0. The summed E-state index contributed by atoms with van der Waals surface area (Å²) in [5.74, 6) is 0. The zero-order valence-corrected chi connectivity index (χ0v) is 10.1. The van der Waals surface area contributed by atoms with Crippen molar-refractivity contribution in [1.82, 2.24) is 4.98 Å². The average Bonchev–Trinajstić information content (AvgIpc) is 2.40. The summed E-state index contributed by atoms with van der Waals surface area (Å²) in [6, 6.07) is 14.5. The van der Waals surface area contributed by atoms with Crippen molar-refractivity contribution in [2.75, 3.05) is 0 Å². The van der Waals surface area contributed by atoms with Crippen molar-refractivity contribution in [1.29, 1.82) is 0 Å². The molecule has 2 aromatic rings. The molecule has 1 heterocycles. The van der Waals surface area contributed by atoms with Gasteiger partial charge in [-0.1, -0.05) is 55.8 Å². The average molecular weight is 223 g/mol. The number of rotatable bonds is 4. The van der Waals surface area contributed by atoms with Crippen LogP contribution >= 0.6 is 0 Å². The van der Waals surface area contributed by atoms with E-state index in [2.05, 4.69) is 42.2 Å². The van der Waals surface area contributed by atoms with Crippen LogP contribution in [0.2, 0.25) is 0 Å². The van der Waals surface area contributed by atoms with Crippen molar-refractivity contribution in [3.05, 3.63) is 65.5 Å². The Kier molecular flexibility index (Phi) is 4.09. The minimum Gasteiger partial charge on any atom is -0.257 e. The van der Waals surface area contributed by atoms with Crippen molar-refractivity contribution in [2.24, 2.45) is 0 Å². The summed E-state index contributed by atoms with van der Waals surface area (Å²) in [7, 11) is 0. The molecule has 0 saturated heterocycles. The van der Waals surface area contributed by atoms with Crippen molar-refractivity contribution < 1.29 is 0 Å². The van der Waals surface area contributed by atoms with E-state index in [0.717, 1.165) is 12.1 Å². The fourth-order valence-corrected chi connectivity index (χ4v) is 1.72. The molecule has 1 heteroatoms. The summed E-state index contributed by atoms with van der Waals surface area (Å²) in [6.45, 7) is 2.18. The Morgan fingerprint density at radius 2 is 1.82 bits per heavy atom. The Labute approximate surface area is 103 Å². The third kappa shape index (κ3) is 3.56. The van der Waals surface area contributed by atoms with Gasteiger partial charge >= 0.3 is 0 Å². The van der Waals surface area contributed by atoms with Gasteiger partial charge < -0.3 is 0 Å². The number of aromatic nitrogens is 1. The Balaban J connectivity index is 2.06. The molecule has 1 aromatic heterocycles. The first-order chi connectivity index (χ1) is 8.38. The van der Waals surface area contributed by atoms with Crippen molar-refractivity contribution in [2.45, 2.75) is 19.8 Å². The van der Waals surface area contributed by atoms with Crippen LogP contribution in [0.5, 0.6) is 0 Å². The van der Waals surface area contributed by atoms with Crippen molar-refractivity contribution in [3.63, 3.8) is 0 Å². The largest absolute Gasteiger partial charge is 0.257 e. The van der Waals surface area contributed by atoms with Crippen LogP contribution in [0.1, 0.15) is 30.2 Å². The minimum atomic E-state index is 1.01. The van der Waals surface area contributed by atoms with Gasteiger partial charge in [0.25, 0.3) is 0 Å². The molecule has 0 saturated carbocycles. The first-order valence-electron chi connectivity index (χ1n) is 6.06. The Bertz CT molecular complexity index is 469. The van der Waals surface area contributed by atoms with Gasteiger partial charge in [-0.15, -0.1) is 0 Å². The predicted octanol–water partition coefficient (Wildman–Crippen LogP) is 4.20. The lowest BCUT2D eigenvalue weighted by atomic mass is 10.1. The molecule has 0 spiro atoms. The maximum atomic E-state index is 4.43. The molecule has 17 heavy (non-hydrogen) atoms. The molecule has 0 bridgehead atoms. The highest BCUT2D eigenvalue weighted by molar-refractivity contribution is 5.67. The number of pyridine rings is 1. The quantitative estimate of drug-likeness (QED) is 0.756. The zero-order valence-electron chi connectivity index (χ0n) is 10.1. The van der Waals surface area contributed by atoms with Gasteiger partial charge in [-0.05, 0) is 29.7 Å². The molecule has 1 nitrogen and oxygen atoms in total. The molecule has 0 aliphatic carbocycles. The molecule has 0 fully saturated rings. The fourth-order valence-electron chi connectivity index (χ4n) is 1.72. The van der Waals surface area contributed by atoms with E-state index >= 15 is 0 Å². The van der Waals surface area contributed by atoms with Crippen LogP contribution in [-0.2, 0) is 6.42 Å². The summed E-state index contributed by atoms with van der Waals surface area (Å²) in [5, 5.41) is 0. The molecule has 2 rings (SSSR count). The Hall–Kier alpha value is -1.89. The fraction of sp³-hybridized carbons (Fsp3) is 0.188. The van der Waals surface area contributed by atoms with Crippen LogP contribution in [-0.4, -0.2) is 4.98 Å². The standard InChI is InChI=1S/C16H17N/c1-2-6-15-10-12-16(17-13-15)11-9-14-7-4-3-5-8-14/h3-5,7-13H,2,6H2,1H3/b11-9+. The van der Waals surface area contributed by atoms with Crippen LogP contribution < -0.4 is 0 Å². The molecule has 0 aliphatic heterocycles. The lowest BCUT2D eigenvalue weighted by molar-refractivity contribution is 0.913. The Morgan fingerprint density at radius 1 is 1.00 bits per heavy atom. The zero-order chi connectivity index (χ0) is 11.9. The third-order valence-corrected chi connectivity index (χ3v) is 2.63. The van der Waals surface area contributed by atoms with Crippen LogP contribution in [0, 0.1) is 0 Å². The van der Waals surface area contributed by atoms with E-state index < -0.39 is 0 Å². The second-order valence-corrected chi connectivity index (χ2v) is 4.09. The molecule has 0 atom stereocenters. The van der Waals surface area contributed by atoms with Crippen molar-refractivity contribution >= 4 is 12.2 Å². The Morgan fingerprint density at radius 3 is 2.47 bits per heavy atom. The van der Waals surface area contributed by atoms with Crippen LogP contribution in [0.15, 0.2) is 48.7 Å². The van der Waals surface area contributed by atoms with Gasteiger partial charge in [0.2, 0.25) is 0 Å². The molecule has 1 aromatic carbocycles. The highest BCUT2D eigenvalue weighted by atomic mass is 14.7. The van der Waals surface area contributed by atoms with Crippen LogP contribution in [0.4, 0.5) is 0 Å². The first-order valence-corrected chi connectivity index (χ1v) is 6.06. The van der Waals surface area contributed by atoms with Gasteiger partial charge in [-0.25, -0.2) is 0 Å². The van der Waals surface area contributed by atoms with E-state index in [-0.39, 0.29) is 0 Å². The predicted molar refractivity (Wildman–Crippen MR) is 73.6 cm³/mol. The van der Waals surface area contributed by atoms with Gasteiger partial charge in [0.1, 0.15) is 0 Å². The van der Waals surface area contributed by atoms with Crippen molar-refractivity contribution in [3.8, 4) is 0 Å². The molecule has 0 amide bonds. The second kappa shape index (κ2) is 6.00. The van der Waals surface area contributed by atoms with E-state index in [4.69, 9.17) is 0 Å². The van der Waals surface area contributed by atoms with E-state index in [1.807, 2.05) is 30.5 Å². The summed E-state index contributed by atoms with van der Waals surface area (Å²) < 4.78 is 0. The SMILES string of the molecule is CCCc1ccc(/C=C/c2ccccc2)nc1. The van der Waals surface area contributed by atoms with E-state index in [9.17, 15) is 0 Å². The smallest absolute Gasteiger partial charge is 0.0630 e. The van der Waals surface area contributed by atoms with Crippen LogP contribution in [0.3, 0.4) is 0 Å². The third-order valence-electron chi connectivity index (χ3n) is 2.63. The summed E-state index contributed by atoms with van der Waals surface area (Å²) >= 11 is 0. The molecule has 0 radical (unpaired) electrons. The van der Waals surface area contributed by atoms with Gasteiger partial charge in [0.05, 0.1) is 5.69 Å². The maximum Gasteiger partial charge on any atom is 0.0630 e. The summed E-state index contributed by atoms with van der Waals surface area (Å²) in [6.07, 6.45) is 8.37. The highest BCUT2D eigenvalue weighted by Gasteiger charge is 1.92. The highest BCUT2D eigenvalue weighted by Crippen LogP contribution is 2.08. The molecular formula is C16H17N. The van der Waals surface area contributed by atoms with E-state index in [1.165, 1.54) is 17.5 Å². The van der Waals surface area contributed by atoms with Gasteiger partial charge in [0, 0.05) is 6.20 Å². The summed E-state index contributed by atoms with van der Waals surface area (Å²) in [5.41, 5.74) is 3.52. The topological polar surface area (TPSA) is 12.9 Å². The van der Waals surface area contributed by atoms with E-state index in [1.54, 1.807) is 0 Å². The molecule has 0 N–H and O–H groups in total. The molecule has 0 aliphatic rings. The van der Waals surface area contributed by atoms with Gasteiger partial charge in [-0.2, -0.15) is 0 Å². The molecule has 86 valence electrons. The number of aryl methyl sites for hydroxylation is 1. The second-order valence-electron chi connectivity index (χ2n) is 4.09. The normalized spacial score (nSPS) is 10.9. The van der Waals surface area contributed by atoms with Crippen LogP contribution in [0.25, 0.3) is 12.2 Å². The minimum absolute atomic E-state index is 1.01. The number of nitrogens with zero attached hydrogens (tertiary/aromatic N) is 1.